The van der Waals surface area contributed by atoms with Crippen molar-refractivity contribution >= 4 is 34.8 Å². The van der Waals surface area contributed by atoms with Crippen molar-refractivity contribution in [3.63, 3.8) is 0 Å². The van der Waals surface area contributed by atoms with E-state index in [4.69, 9.17) is 22.1 Å². The highest BCUT2D eigenvalue weighted by Gasteiger charge is 2.19. The number of hydrogen-bond acceptors (Lipinski definition) is 6. The summed E-state index contributed by atoms with van der Waals surface area (Å²) in [5, 5.41) is 6.21. The van der Waals surface area contributed by atoms with E-state index in [0.29, 0.717) is 17.1 Å². The Labute approximate surface area is 190 Å². The molecule has 9 heteroatoms. The number of hydrogen-bond donors (Lipinski definition) is 3. The lowest BCUT2D eigenvalue weighted by atomic mass is 9.95. The Morgan fingerprint density at radius 2 is 1.91 bits per heavy atom. The lowest BCUT2D eigenvalue weighted by molar-refractivity contribution is 0.0928. The quantitative estimate of drug-likeness (QED) is 0.456. The van der Waals surface area contributed by atoms with E-state index in [9.17, 15) is 9.18 Å². The molecule has 1 fully saturated rings. The van der Waals surface area contributed by atoms with E-state index in [1.54, 1.807) is 24.4 Å². The molecule has 3 aromatic rings. The minimum atomic E-state index is -0.620. The molecule has 32 heavy (non-hydrogen) atoms. The Balaban J connectivity index is 1.49. The number of halogens is 2. The molecule has 0 spiro atoms. The number of benzene rings is 1. The van der Waals surface area contributed by atoms with Gasteiger partial charge in [0.05, 0.1) is 5.56 Å². The summed E-state index contributed by atoms with van der Waals surface area (Å²) < 4.78 is 20.2. The van der Waals surface area contributed by atoms with Gasteiger partial charge in [-0.25, -0.2) is 14.4 Å². The third-order valence-corrected chi connectivity index (χ3v) is 5.67. The number of amides is 1. The molecule has 0 unspecified atom stereocenters. The molecule has 1 aliphatic rings. The van der Waals surface area contributed by atoms with Crippen molar-refractivity contribution in [2.45, 2.75) is 38.1 Å². The highest BCUT2D eigenvalue weighted by atomic mass is 35.5. The average Bonchev–Trinajstić information content (AvgIpc) is 2.79. The van der Waals surface area contributed by atoms with E-state index in [1.807, 2.05) is 0 Å². The molecule has 166 valence electrons. The van der Waals surface area contributed by atoms with Gasteiger partial charge in [-0.15, -0.1) is 0 Å². The van der Waals surface area contributed by atoms with Gasteiger partial charge in [0.2, 0.25) is 0 Å². The van der Waals surface area contributed by atoms with Gasteiger partial charge >= 0.3 is 0 Å². The molecule has 1 saturated carbocycles. The van der Waals surface area contributed by atoms with Crippen LogP contribution in [0.4, 0.5) is 21.7 Å². The SMILES string of the molecule is Nc1nccc(Oc2ccc(Nc3ncccc3C(=O)NC3CCCCC3)cc2F)c1Cl. The van der Waals surface area contributed by atoms with Crippen molar-refractivity contribution in [3.8, 4) is 11.5 Å². The summed E-state index contributed by atoms with van der Waals surface area (Å²) in [7, 11) is 0. The zero-order chi connectivity index (χ0) is 22.5. The topological polar surface area (TPSA) is 102 Å². The molecule has 4 rings (SSSR count). The van der Waals surface area contributed by atoms with Crippen LogP contribution in [0.25, 0.3) is 0 Å². The third kappa shape index (κ3) is 5.08. The Hall–Kier alpha value is -3.39. The number of aromatic nitrogens is 2. The van der Waals surface area contributed by atoms with Gasteiger partial charge in [0, 0.05) is 36.3 Å². The molecule has 2 aromatic heterocycles. The highest BCUT2D eigenvalue weighted by molar-refractivity contribution is 6.34. The number of nitrogens with two attached hydrogens (primary N) is 1. The number of nitrogens with one attached hydrogen (secondary N) is 2. The first kappa shape index (κ1) is 21.8. The maximum atomic E-state index is 14.7. The van der Waals surface area contributed by atoms with Crippen molar-refractivity contribution in [1.29, 1.82) is 0 Å². The fourth-order valence-electron chi connectivity index (χ4n) is 3.63. The largest absolute Gasteiger partial charge is 0.453 e. The average molecular weight is 456 g/mol. The van der Waals surface area contributed by atoms with Gasteiger partial charge in [-0.3, -0.25) is 4.79 Å². The molecule has 1 aromatic carbocycles. The minimum Gasteiger partial charge on any atom is -0.453 e. The van der Waals surface area contributed by atoms with E-state index in [1.165, 1.54) is 30.8 Å². The Kier molecular flexibility index (Phi) is 6.70. The summed E-state index contributed by atoms with van der Waals surface area (Å²) in [6.07, 6.45) is 8.40. The van der Waals surface area contributed by atoms with Gasteiger partial charge < -0.3 is 21.1 Å². The molecule has 0 saturated heterocycles. The van der Waals surface area contributed by atoms with Gasteiger partial charge in [-0.05, 0) is 37.1 Å². The number of nitrogens with zero attached hydrogens (tertiary/aromatic N) is 2. The van der Waals surface area contributed by atoms with E-state index >= 15 is 0 Å². The zero-order valence-corrected chi connectivity index (χ0v) is 18.0. The molecule has 0 radical (unpaired) electrons. The van der Waals surface area contributed by atoms with Crippen LogP contribution in [0.15, 0.2) is 48.8 Å². The number of carbonyl (C=O) groups is 1. The van der Waals surface area contributed by atoms with E-state index in [2.05, 4.69) is 20.6 Å². The summed E-state index contributed by atoms with van der Waals surface area (Å²) in [4.78, 5) is 20.9. The number of nitrogen functional groups attached to an aromatic ring is 1. The van der Waals surface area contributed by atoms with Crippen molar-refractivity contribution in [3.05, 3.63) is 65.2 Å². The first-order valence-electron chi connectivity index (χ1n) is 10.4. The van der Waals surface area contributed by atoms with E-state index < -0.39 is 5.82 Å². The van der Waals surface area contributed by atoms with Crippen molar-refractivity contribution in [2.24, 2.45) is 0 Å². The lowest BCUT2D eigenvalue weighted by Gasteiger charge is -2.23. The number of pyridine rings is 2. The fourth-order valence-corrected chi connectivity index (χ4v) is 3.79. The monoisotopic (exact) mass is 455 g/mol. The zero-order valence-electron chi connectivity index (χ0n) is 17.3. The molecule has 1 amide bonds. The maximum Gasteiger partial charge on any atom is 0.255 e. The van der Waals surface area contributed by atoms with Crippen LogP contribution in [0.5, 0.6) is 11.5 Å². The van der Waals surface area contributed by atoms with Crippen molar-refractivity contribution in [2.75, 3.05) is 11.1 Å². The maximum absolute atomic E-state index is 14.7. The number of anilines is 3. The van der Waals surface area contributed by atoms with Crippen LogP contribution in [0.3, 0.4) is 0 Å². The second-order valence-electron chi connectivity index (χ2n) is 7.59. The normalized spacial score (nSPS) is 14.1. The lowest BCUT2D eigenvalue weighted by Crippen LogP contribution is -2.36. The number of carbonyl (C=O) groups excluding carboxylic acids is 1. The van der Waals surface area contributed by atoms with Gasteiger partial charge in [0.25, 0.3) is 5.91 Å². The first-order valence-corrected chi connectivity index (χ1v) is 10.8. The molecule has 4 N–H and O–H groups in total. The minimum absolute atomic E-state index is 0.0284. The molecule has 0 aliphatic heterocycles. The predicted octanol–water partition coefficient (Wildman–Crippen LogP) is 5.45. The second kappa shape index (κ2) is 9.82. The number of ether oxygens (including phenoxy) is 1. The molecule has 0 bridgehead atoms. The van der Waals surface area contributed by atoms with Gasteiger partial charge in [-0.1, -0.05) is 30.9 Å². The van der Waals surface area contributed by atoms with Crippen LogP contribution >= 0.6 is 11.6 Å². The molecule has 1 aliphatic carbocycles. The molecule has 7 nitrogen and oxygen atoms in total. The number of rotatable bonds is 6. The van der Waals surface area contributed by atoms with Crippen LogP contribution in [0, 0.1) is 5.82 Å². The second-order valence-corrected chi connectivity index (χ2v) is 7.97. The first-order chi connectivity index (χ1) is 15.5. The Morgan fingerprint density at radius 3 is 2.69 bits per heavy atom. The fraction of sp³-hybridized carbons (Fsp3) is 0.261. The Bertz CT molecular complexity index is 1120. The molecule has 2 heterocycles. The summed E-state index contributed by atoms with van der Waals surface area (Å²) in [5.74, 6) is -0.205. The van der Waals surface area contributed by atoms with Crippen LogP contribution in [-0.2, 0) is 0 Å². The van der Waals surface area contributed by atoms with Crippen LogP contribution < -0.4 is 21.1 Å². The molecular formula is C23H23ClFN5O2. The van der Waals surface area contributed by atoms with E-state index in [0.717, 1.165) is 25.7 Å². The summed E-state index contributed by atoms with van der Waals surface area (Å²) in [6.45, 7) is 0. The highest BCUT2D eigenvalue weighted by Crippen LogP contribution is 2.34. The predicted molar refractivity (Wildman–Crippen MR) is 122 cm³/mol. The summed E-state index contributed by atoms with van der Waals surface area (Å²) in [6, 6.07) is 9.39. The standard InChI is InChI=1S/C23H23ClFN5O2/c24-20-19(10-12-27-21(20)26)32-18-9-8-15(13-17(18)25)29-22-16(7-4-11-28-22)23(31)30-14-5-2-1-3-6-14/h4,7-14H,1-3,5-6H2,(H2,26,27)(H,28,29)(H,30,31). The Morgan fingerprint density at radius 1 is 1.09 bits per heavy atom. The van der Waals surface area contributed by atoms with Gasteiger partial charge in [-0.2, -0.15) is 0 Å². The van der Waals surface area contributed by atoms with E-state index in [-0.39, 0.29) is 34.3 Å². The summed E-state index contributed by atoms with van der Waals surface area (Å²) in [5.41, 5.74) is 6.47. The van der Waals surface area contributed by atoms with Crippen LogP contribution in [0.1, 0.15) is 42.5 Å². The molecular weight excluding hydrogens is 433 g/mol. The van der Waals surface area contributed by atoms with Gasteiger partial charge in [0.15, 0.2) is 17.3 Å². The molecule has 0 atom stereocenters. The third-order valence-electron chi connectivity index (χ3n) is 5.29. The van der Waals surface area contributed by atoms with Gasteiger partial charge in [0.1, 0.15) is 16.7 Å². The smallest absolute Gasteiger partial charge is 0.255 e. The van der Waals surface area contributed by atoms with Crippen LogP contribution in [-0.4, -0.2) is 21.9 Å². The van der Waals surface area contributed by atoms with Crippen LogP contribution in [0.2, 0.25) is 5.02 Å². The summed E-state index contributed by atoms with van der Waals surface area (Å²) >= 11 is 6.06. The van der Waals surface area contributed by atoms with Crippen molar-refractivity contribution < 1.29 is 13.9 Å². The van der Waals surface area contributed by atoms with Crippen molar-refractivity contribution in [1.82, 2.24) is 15.3 Å².